The van der Waals surface area contributed by atoms with E-state index >= 15 is 0 Å². The van der Waals surface area contributed by atoms with Crippen LogP contribution >= 0.6 is 0 Å². The number of nitrogens with zero attached hydrogens (tertiary/aromatic N) is 4. The first kappa shape index (κ1) is 23.4. The summed E-state index contributed by atoms with van der Waals surface area (Å²) in [4.78, 5) is 23.0. The third-order valence-electron chi connectivity index (χ3n) is 4.84. The number of carbonyl (C=O) groups is 1. The summed E-state index contributed by atoms with van der Waals surface area (Å²) < 4.78 is 54.0. The number of rotatable bonds is 8. The fourth-order valence-corrected chi connectivity index (χ4v) is 3.34. The van der Waals surface area contributed by atoms with Crippen LogP contribution in [0, 0.1) is 0 Å². The fraction of sp³-hybridized carbons (Fsp3) is 0.318. The second kappa shape index (κ2) is 9.21. The molecule has 180 valence electrons. The van der Waals surface area contributed by atoms with Gasteiger partial charge in [0.15, 0.2) is 5.58 Å². The first-order valence-corrected chi connectivity index (χ1v) is 10.4. The Hall–Kier alpha value is -3.80. The number of anilines is 2. The lowest BCUT2D eigenvalue weighted by atomic mass is 10.2. The van der Waals surface area contributed by atoms with Gasteiger partial charge >= 0.3 is 18.3 Å². The molecule has 2 aromatic heterocycles. The molecule has 1 N–H and O–H groups in total. The Morgan fingerprint density at radius 3 is 2.65 bits per heavy atom. The van der Waals surface area contributed by atoms with Crippen LogP contribution in [0.5, 0.6) is 5.75 Å². The molecular weight excluding hydrogens is 455 g/mol. The van der Waals surface area contributed by atoms with Gasteiger partial charge < -0.3 is 23.4 Å². The van der Waals surface area contributed by atoms with Crippen molar-refractivity contribution in [3.05, 3.63) is 42.0 Å². The Labute approximate surface area is 192 Å². The lowest BCUT2D eigenvalue weighted by molar-refractivity contribution is -0.274. The number of oxazole rings is 1. The Kier molecular flexibility index (Phi) is 6.33. The Balaban J connectivity index is 1.68. The molecule has 0 atom stereocenters. The number of imidazole rings is 1. The van der Waals surface area contributed by atoms with E-state index < -0.39 is 18.1 Å². The van der Waals surface area contributed by atoms with E-state index in [1.54, 1.807) is 25.1 Å². The highest BCUT2D eigenvalue weighted by molar-refractivity contribution is 5.94. The van der Waals surface area contributed by atoms with Crippen molar-refractivity contribution in [2.24, 2.45) is 0 Å². The number of fused-ring (bicyclic) bond motifs is 2. The van der Waals surface area contributed by atoms with Crippen molar-refractivity contribution in [2.45, 2.75) is 19.8 Å². The average Bonchev–Trinajstić information content (AvgIpc) is 3.30. The Bertz CT molecular complexity index is 1330. The minimum absolute atomic E-state index is 0.0474. The number of carbonyl (C=O) groups excluding carboxylic acids is 1. The molecule has 9 nitrogen and oxygen atoms in total. The minimum atomic E-state index is -4.81. The first-order chi connectivity index (χ1) is 16.1. The molecule has 0 aliphatic carbocycles. The Morgan fingerprint density at radius 1 is 1.15 bits per heavy atom. The third kappa shape index (κ3) is 5.22. The predicted octanol–water partition coefficient (Wildman–Crippen LogP) is 4.56. The van der Waals surface area contributed by atoms with E-state index in [4.69, 9.17) is 9.15 Å². The van der Waals surface area contributed by atoms with Crippen LogP contribution in [-0.2, 0) is 11.3 Å². The molecule has 0 spiro atoms. The van der Waals surface area contributed by atoms with E-state index in [-0.39, 0.29) is 18.2 Å². The summed E-state index contributed by atoms with van der Waals surface area (Å²) in [5.41, 5.74) is 2.16. The summed E-state index contributed by atoms with van der Waals surface area (Å²) in [7, 11) is 3.87. The van der Waals surface area contributed by atoms with Gasteiger partial charge in [0.2, 0.25) is 5.95 Å². The Morgan fingerprint density at radius 2 is 1.94 bits per heavy atom. The largest absolute Gasteiger partial charge is 0.573 e. The van der Waals surface area contributed by atoms with Crippen LogP contribution in [0.1, 0.15) is 17.3 Å². The van der Waals surface area contributed by atoms with Crippen molar-refractivity contribution in [1.29, 1.82) is 0 Å². The van der Waals surface area contributed by atoms with Crippen LogP contribution in [0.15, 0.2) is 40.8 Å². The van der Waals surface area contributed by atoms with Gasteiger partial charge in [0.1, 0.15) is 11.3 Å². The molecule has 0 radical (unpaired) electrons. The van der Waals surface area contributed by atoms with Crippen molar-refractivity contribution in [3.63, 3.8) is 0 Å². The number of likely N-dealkylation sites (N-methyl/N-ethyl adjacent to an activating group) is 1. The summed E-state index contributed by atoms with van der Waals surface area (Å²) in [5.74, 6) is -0.457. The lowest BCUT2D eigenvalue weighted by Crippen LogP contribution is -2.19. The van der Waals surface area contributed by atoms with Crippen LogP contribution in [0.4, 0.5) is 25.1 Å². The molecule has 0 saturated carbocycles. The van der Waals surface area contributed by atoms with Gasteiger partial charge in [-0.1, -0.05) is 0 Å². The molecule has 4 rings (SSSR count). The number of benzene rings is 2. The highest BCUT2D eigenvalue weighted by Crippen LogP contribution is 2.30. The van der Waals surface area contributed by atoms with E-state index in [0.717, 1.165) is 17.6 Å². The van der Waals surface area contributed by atoms with Gasteiger partial charge in [-0.25, -0.2) is 9.78 Å². The van der Waals surface area contributed by atoms with Crippen molar-refractivity contribution >= 4 is 40.1 Å². The summed E-state index contributed by atoms with van der Waals surface area (Å²) in [6, 6.07) is 8.77. The van der Waals surface area contributed by atoms with E-state index in [0.29, 0.717) is 35.6 Å². The zero-order valence-electron chi connectivity index (χ0n) is 18.6. The molecule has 2 heterocycles. The van der Waals surface area contributed by atoms with E-state index in [1.165, 1.54) is 6.07 Å². The number of halogens is 3. The second-order valence-corrected chi connectivity index (χ2v) is 7.64. The molecule has 34 heavy (non-hydrogen) atoms. The maximum atomic E-state index is 12.5. The fourth-order valence-electron chi connectivity index (χ4n) is 3.34. The molecule has 0 fully saturated rings. The second-order valence-electron chi connectivity index (χ2n) is 7.64. The first-order valence-electron chi connectivity index (χ1n) is 10.4. The summed E-state index contributed by atoms with van der Waals surface area (Å²) >= 11 is 0. The lowest BCUT2D eigenvalue weighted by Gasteiger charge is -2.13. The number of ether oxygens (including phenoxy) is 2. The van der Waals surface area contributed by atoms with Crippen molar-refractivity contribution in [1.82, 2.24) is 19.4 Å². The maximum Gasteiger partial charge on any atom is 0.573 e. The maximum absolute atomic E-state index is 12.5. The quantitative estimate of drug-likeness (QED) is 0.369. The van der Waals surface area contributed by atoms with Gasteiger partial charge in [-0.05, 0) is 51.4 Å². The van der Waals surface area contributed by atoms with Gasteiger partial charge in [0.25, 0.3) is 0 Å². The van der Waals surface area contributed by atoms with E-state index in [2.05, 4.69) is 20.0 Å². The van der Waals surface area contributed by atoms with Crippen molar-refractivity contribution in [3.8, 4) is 5.75 Å². The van der Waals surface area contributed by atoms with Gasteiger partial charge in [0, 0.05) is 19.2 Å². The average molecular weight is 477 g/mol. The standard InChI is InChI=1S/C22H22F3N5O4/c1-4-32-19(31)13-5-8-17-16(11-13)26-20(30(17)10-9-29(2)3)28-21-27-15-7-6-14(12-18(15)33-21)34-22(23,24)25/h5-8,11-12H,4,9-10H2,1-3H3,(H,26,27,28). The van der Waals surface area contributed by atoms with Gasteiger partial charge in [0.05, 0.1) is 23.2 Å². The molecule has 2 aromatic carbocycles. The van der Waals surface area contributed by atoms with E-state index in [9.17, 15) is 18.0 Å². The number of esters is 1. The topological polar surface area (TPSA) is 94.6 Å². The van der Waals surface area contributed by atoms with Gasteiger partial charge in [-0.3, -0.25) is 5.32 Å². The highest BCUT2D eigenvalue weighted by Gasteiger charge is 2.31. The predicted molar refractivity (Wildman–Crippen MR) is 118 cm³/mol. The highest BCUT2D eigenvalue weighted by atomic mass is 19.4. The minimum Gasteiger partial charge on any atom is -0.462 e. The SMILES string of the molecule is CCOC(=O)c1ccc2c(c1)nc(Nc1nc3ccc(OC(F)(F)F)cc3o1)n2CCN(C)C. The number of aromatic nitrogens is 3. The molecule has 0 amide bonds. The van der Waals surface area contributed by atoms with Crippen LogP contribution in [-0.4, -0.2) is 59.0 Å². The molecule has 4 aromatic rings. The summed E-state index contributed by atoms with van der Waals surface area (Å²) in [5, 5.41) is 2.99. The summed E-state index contributed by atoms with van der Waals surface area (Å²) in [6.45, 7) is 3.25. The van der Waals surface area contributed by atoms with E-state index in [1.807, 2.05) is 23.6 Å². The number of nitrogens with one attached hydrogen (secondary N) is 1. The normalized spacial score (nSPS) is 12.0. The van der Waals surface area contributed by atoms with Crippen molar-refractivity contribution in [2.75, 3.05) is 32.6 Å². The van der Waals surface area contributed by atoms with Crippen LogP contribution in [0.25, 0.3) is 22.1 Å². The molecule has 0 aliphatic heterocycles. The molecule has 0 unspecified atom stereocenters. The monoisotopic (exact) mass is 477 g/mol. The van der Waals surface area contributed by atoms with Crippen LogP contribution < -0.4 is 10.1 Å². The number of hydrogen-bond acceptors (Lipinski definition) is 8. The van der Waals surface area contributed by atoms with Gasteiger partial charge in [-0.2, -0.15) is 4.98 Å². The van der Waals surface area contributed by atoms with Crippen LogP contribution in [0.3, 0.4) is 0 Å². The molecule has 0 saturated heterocycles. The number of hydrogen-bond donors (Lipinski definition) is 1. The zero-order valence-corrected chi connectivity index (χ0v) is 18.6. The zero-order chi connectivity index (χ0) is 24.5. The molecule has 0 bridgehead atoms. The van der Waals surface area contributed by atoms with Gasteiger partial charge in [-0.15, -0.1) is 13.2 Å². The molecular formula is C22H22F3N5O4. The van der Waals surface area contributed by atoms with Crippen molar-refractivity contribution < 1.29 is 31.9 Å². The molecule has 0 aliphatic rings. The molecule has 12 heteroatoms. The smallest absolute Gasteiger partial charge is 0.462 e. The third-order valence-corrected chi connectivity index (χ3v) is 4.84. The summed E-state index contributed by atoms with van der Waals surface area (Å²) in [6.07, 6.45) is -4.81. The number of alkyl halides is 3. The van der Waals surface area contributed by atoms with Crippen LogP contribution in [0.2, 0.25) is 0 Å².